The SMILES string of the molecule is C=C(C)C(Cc1ccccc1Cl)NCCC. The van der Waals surface area contributed by atoms with E-state index in [0.29, 0.717) is 6.04 Å². The molecule has 0 bridgehead atoms. The van der Waals surface area contributed by atoms with Crippen molar-refractivity contribution in [3.8, 4) is 0 Å². The highest BCUT2D eigenvalue weighted by Gasteiger charge is 2.10. The Morgan fingerprint density at radius 2 is 2.12 bits per heavy atom. The van der Waals surface area contributed by atoms with Gasteiger partial charge in [-0.05, 0) is 37.9 Å². The van der Waals surface area contributed by atoms with E-state index < -0.39 is 0 Å². The van der Waals surface area contributed by atoms with E-state index in [1.165, 1.54) is 5.56 Å². The maximum atomic E-state index is 6.15. The number of hydrogen-bond acceptors (Lipinski definition) is 1. The molecule has 0 radical (unpaired) electrons. The molecule has 16 heavy (non-hydrogen) atoms. The Bertz CT molecular complexity index is 346. The topological polar surface area (TPSA) is 12.0 Å². The minimum Gasteiger partial charge on any atom is -0.310 e. The summed E-state index contributed by atoms with van der Waals surface area (Å²) < 4.78 is 0. The summed E-state index contributed by atoms with van der Waals surface area (Å²) in [4.78, 5) is 0. The van der Waals surface area contributed by atoms with Crippen LogP contribution in [0.25, 0.3) is 0 Å². The maximum absolute atomic E-state index is 6.15. The van der Waals surface area contributed by atoms with Crippen molar-refractivity contribution in [3.05, 3.63) is 47.0 Å². The fraction of sp³-hybridized carbons (Fsp3) is 0.429. The second-order valence-corrected chi connectivity index (χ2v) is 4.56. The number of hydrogen-bond donors (Lipinski definition) is 1. The van der Waals surface area contributed by atoms with Crippen LogP contribution in [0.2, 0.25) is 5.02 Å². The van der Waals surface area contributed by atoms with Gasteiger partial charge >= 0.3 is 0 Å². The van der Waals surface area contributed by atoms with E-state index >= 15 is 0 Å². The first-order chi connectivity index (χ1) is 7.65. The first kappa shape index (κ1) is 13.3. The molecule has 0 amide bonds. The number of halogens is 1. The van der Waals surface area contributed by atoms with Crippen LogP contribution in [0.15, 0.2) is 36.4 Å². The normalized spacial score (nSPS) is 12.4. The lowest BCUT2D eigenvalue weighted by atomic mass is 10.0. The molecular formula is C14H20ClN. The van der Waals surface area contributed by atoms with Gasteiger partial charge in [-0.3, -0.25) is 0 Å². The Labute approximate surface area is 104 Å². The Morgan fingerprint density at radius 1 is 1.44 bits per heavy atom. The Balaban J connectivity index is 2.68. The molecule has 0 aliphatic heterocycles. The van der Waals surface area contributed by atoms with Gasteiger partial charge < -0.3 is 5.32 Å². The van der Waals surface area contributed by atoms with Crippen molar-refractivity contribution < 1.29 is 0 Å². The highest BCUT2D eigenvalue weighted by Crippen LogP contribution is 2.18. The molecule has 88 valence electrons. The van der Waals surface area contributed by atoms with Crippen molar-refractivity contribution >= 4 is 11.6 Å². The van der Waals surface area contributed by atoms with Gasteiger partial charge in [-0.2, -0.15) is 0 Å². The molecule has 2 heteroatoms. The van der Waals surface area contributed by atoms with Crippen LogP contribution in [-0.4, -0.2) is 12.6 Å². The van der Waals surface area contributed by atoms with E-state index in [1.54, 1.807) is 0 Å². The molecule has 0 fully saturated rings. The Morgan fingerprint density at radius 3 is 2.69 bits per heavy atom. The smallest absolute Gasteiger partial charge is 0.0438 e. The minimum atomic E-state index is 0.319. The molecule has 1 atom stereocenters. The minimum absolute atomic E-state index is 0.319. The van der Waals surface area contributed by atoms with Crippen molar-refractivity contribution in [1.82, 2.24) is 5.32 Å². The van der Waals surface area contributed by atoms with Gasteiger partial charge in [0, 0.05) is 11.1 Å². The second-order valence-electron chi connectivity index (χ2n) is 4.15. The first-order valence-corrected chi connectivity index (χ1v) is 6.15. The van der Waals surface area contributed by atoms with Crippen LogP contribution < -0.4 is 5.32 Å². The molecule has 1 nitrogen and oxygen atoms in total. The summed E-state index contributed by atoms with van der Waals surface area (Å²) in [6.45, 7) is 9.27. The lowest BCUT2D eigenvalue weighted by Gasteiger charge is -2.19. The van der Waals surface area contributed by atoms with Gasteiger partial charge in [0.1, 0.15) is 0 Å². The standard InChI is InChI=1S/C14H20ClN/c1-4-9-16-14(11(2)3)10-12-7-5-6-8-13(12)15/h5-8,14,16H,2,4,9-10H2,1,3H3. The summed E-state index contributed by atoms with van der Waals surface area (Å²) in [7, 11) is 0. The van der Waals surface area contributed by atoms with E-state index in [4.69, 9.17) is 11.6 Å². The average Bonchev–Trinajstić information content (AvgIpc) is 2.26. The van der Waals surface area contributed by atoms with Crippen LogP contribution in [0, 0.1) is 0 Å². The third-order valence-corrected chi connectivity index (χ3v) is 2.99. The summed E-state index contributed by atoms with van der Waals surface area (Å²) in [5.41, 5.74) is 2.34. The maximum Gasteiger partial charge on any atom is 0.0438 e. The van der Waals surface area contributed by atoms with E-state index in [0.717, 1.165) is 30.0 Å². The van der Waals surface area contributed by atoms with Gasteiger partial charge in [0.2, 0.25) is 0 Å². The van der Waals surface area contributed by atoms with Crippen molar-refractivity contribution in [1.29, 1.82) is 0 Å². The monoisotopic (exact) mass is 237 g/mol. The lowest BCUT2D eigenvalue weighted by molar-refractivity contribution is 0.564. The van der Waals surface area contributed by atoms with E-state index in [9.17, 15) is 0 Å². The fourth-order valence-corrected chi connectivity index (χ4v) is 1.84. The summed E-state index contributed by atoms with van der Waals surface area (Å²) in [5.74, 6) is 0. The van der Waals surface area contributed by atoms with Gasteiger partial charge in [-0.25, -0.2) is 0 Å². The number of rotatable bonds is 6. The van der Waals surface area contributed by atoms with Crippen molar-refractivity contribution in [3.63, 3.8) is 0 Å². The first-order valence-electron chi connectivity index (χ1n) is 5.77. The molecule has 0 spiro atoms. The summed E-state index contributed by atoms with van der Waals surface area (Å²) in [5, 5.41) is 4.33. The zero-order valence-corrected chi connectivity index (χ0v) is 10.8. The van der Waals surface area contributed by atoms with E-state index in [2.05, 4.69) is 31.8 Å². The molecule has 0 heterocycles. The fourth-order valence-electron chi connectivity index (χ4n) is 1.62. The molecule has 0 saturated carbocycles. The molecule has 0 saturated heterocycles. The van der Waals surface area contributed by atoms with Crippen molar-refractivity contribution in [2.45, 2.75) is 32.7 Å². The molecule has 1 aromatic rings. The van der Waals surface area contributed by atoms with Gasteiger partial charge in [0.15, 0.2) is 0 Å². The summed E-state index contributed by atoms with van der Waals surface area (Å²) >= 11 is 6.15. The molecule has 0 aliphatic carbocycles. The van der Waals surface area contributed by atoms with Crippen LogP contribution in [0.1, 0.15) is 25.8 Å². The number of nitrogens with one attached hydrogen (secondary N) is 1. The summed E-state index contributed by atoms with van der Waals surface area (Å²) in [6, 6.07) is 8.32. The van der Waals surface area contributed by atoms with Gasteiger partial charge in [0.25, 0.3) is 0 Å². The lowest BCUT2D eigenvalue weighted by Crippen LogP contribution is -2.32. The van der Waals surface area contributed by atoms with Crippen LogP contribution in [0.5, 0.6) is 0 Å². The van der Waals surface area contributed by atoms with E-state index in [1.807, 2.05) is 18.2 Å². The van der Waals surface area contributed by atoms with E-state index in [-0.39, 0.29) is 0 Å². The van der Waals surface area contributed by atoms with Crippen LogP contribution >= 0.6 is 11.6 Å². The van der Waals surface area contributed by atoms with Gasteiger partial charge in [-0.1, -0.05) is 48.9 Å². The second kappa shape index (κ2) is 6.72. The summed E-state index contributed by atoms with van der Waals surface area (Å²) in [6.07, 6.45) is 2.04. The highest BCUT2D eigenvalue weighted by atomic mass is 35.5. The predicted molar refractivity (Wildman–Crippen MR) is 72.1 cm³/mol. The van der Waals surface area contributed by atoms with Crippen LogP contribution in [0.3, 0.4) is 0 Å². The molecule has 1 aromatic carbocycles. The van der Waals surface area contributed by atoms with Crippen LogP contribution in [-0.2, 0) is 6.42 Å². The van der Waals surface area contributed by atoms with Crippen molar-refractivity contribution in [2.75, 3.05) is 6.54 Å². The zero-order valence-electron chi connectivity index (χ0n) is 10.1. The molecule has 1 N–H and O–H groups in total. The molecule has 0 aliphatic rings. The zero-order chi connectivity index (χ0) is 12.0. The third-order valence-electron chi connectivity index (χ3n) is 2.62. The average molecular weight is 238 g/mol. The molecule has 1 unspecified atom stereocenters. The Kier molecular flexibility index (Phi) is 5.58. The van der Waals surface area contributed by atoms with Gasteiger partial charge in [-0.15, -0.1) is 0 Å². The molecule has 1 rings (SSSR count). The highest BCUT2D eigenvalue weighted by molar-refractivity contribution is 6.31. The number of benzene rings is 1. The quantitative estimate of drug-likeness (QED) is 0.742. The molecular weight excluding hydrogens is 218 g/mol. The van der Waals surface area contributed by atoms with Gasteiger partial charge in [0.05, 0.1) is 0 Å². The Hall–Kier alpha value is -0.790. The van der Waals surface area contributed by atoms with Crippen molar-refractivity contribution in [2.24, 2.45) is 0 Å². The third kappa shape index (κ3) is 3.99. The largest absolute Gasteiger partial charge is 0.310 e. The van der Waals surface area contributed by atoms with Crippen LogP contribution in [0.4, 0.5) is 0 Å². The predicted octanol–water partition coefficient (Wildman–Crippen LogP) is 3.83. The molecule has 0 aromatic heterocycles.